The molecule has 0 saturated carbocycles. The molecule has 2 aromatic carbocycles. The summed E-state index contributed by atoms with van der Waals surface area (Å²) >= 11 is 0. The molecular weight excluding hydrogens is 355 g/mol. The molecule has 0 spiro atoms. The maximum atomic E-state index is 13.8. The minimum Gasteiger partial charge on any atom is -0.454 e. The first-order chi connectivity index (χ1) is 13.1. The van der Waals surface area contributed by atoms with E-state index in [0.29, 0.717) is 35.7 Å². The number of halogens is 1. The molecule has 2 aliphatic rings. The number of carbonyl (C=O) groups excluding carboxylic acids is 2. The number of hydrogen-bond acceptors (Lipinski definition) is 5. The van der Waals surface area contributed by atoms with Crippen molar-refractivity contribution in [3.05, 3.63) is 53.3 Å². The van der Waals surface area contributed by atoms with Crippen LogP contribution < -0.4 is 14.8 Å². The number of carbonyl (C=O) groups is 2. The van der Waals surface area contributed by atoms with Gasteiger partial charge in [0.05, 0.1) is 7.11 Å². The largest absolute Gasteiger partial charge is 0.454 e. The topological polar surface area (TPSA) is 77.1 Å². The van der Waals surface area contributed by atoms with Crippen molar-refractivity contribution in [2.45, 2.75) is 12.5 Å². The van der Waals surface area contributed by atoms with Crippen molar-refractivity contribution in [1.29, 1.82) is 0 Å². The quantitative estimate of drug-likeness (QED) is 0.877. The number of nitrogens with one attached hydrogen (secondary N) is 1. The lowest BCUT2D eigenvalue weighted by Crippen LogP contribution is -2.45. The molecule has 2 aromatic rings. The molecule has 1 N–H and O–H groups in total. The maximum Gasteiger partial charge on any atom is 0.410 e. The van der Waals surface area contributed by atoms with E-state index in [9.17, 15) is 14.0 Å². The first-order valence-corrected chi connectivity index (χ1v) is 8.40. The Morgan fingerprint density at radius 1 is 1.19 bits per heavy atom. The number of benzene rings is 2. The summed E-state index contributed by atoms with van der Waals surface area (Å²) in [5.74, 6) is 0.175. The highest BCUT2D eigenvalue weighted by molar-refractivity contribution is 5.98. The molecule has 0 bridgehead atoms. The van der Waals surface area contributed by atoms with Gasteiger partial charge in [-0.3, -0.25) is 9.69 Å². The minimum absolute atomic E-state index is 0.123. The molecule has 140 valence electrons. The van der Waals surface area contributed by atoms with E-state index in [1.54, 1.807) is 24.3 Å². The highest BCUT2D eigenvalue weighted by atomic mass is 19.1. The molecule has 0 aliphatic carbocycles. The second-order valence-corrected chi connectivity index (χ2v) is 6.22. The molecule has 7 nitrogen and oxygen atoms in total. The second kappa shape index (κ2) is 6.79. The predicted octanol–water partition coefficient (Wildman–Crippen LogP) is 2.86. The number of rotatable bonds is 2. The van der Waals surface area contributed by atoms with Gasteiger partial charge in [-0.25, -0.2) is 9.18 Å². The molecule has 2 amide bonds. The van der Waals surface area contributed by atoms with Crippen LogP contribution in [-0.2, 0) is 16.0 Å². The Balaban J connectivity index is 1.66. The second-order valence-electron chi connectivity index (χ2n) is 6.22. The highest BCUT2D eigenvalue weighted by Crippen LogP contribution is 2.36. The van der Waals surface area contributed by atoms with Gasteiger partial charge in [0, 0.05) is 18.3 Å². The summed E-state index contributed by atoms with van der Waals surface area (Å²) in [5.41, 5.74) is 1.75. The third-order valence-electron chi connectivity index (χ3n) is 4.63. The molecular formula is C19H17FN2O5. The fourth-order valence-electron chi connectivity index (χ4n) is 3.37. The lowest BCUT2D eigenvalue weighted by molar-refractivity contribution is -0.121. The Morgan fingerprint density at radius 2 is 2.00 bits per heavy atom. The summed E-state index contributed by atoms with van der Waals surface area (Å²) in [6, 6.07) is 8.27. The van der Waals surface area contributed by atoms with Gasteiger partial charge in [0.1, 0.15) is 11.9 Å². The monoisotopic (exact) mass is 372 g/mol. The lowest BCUT2D eigenvalue weighted by Gasteiger charge is -2.35. The van der Waals surface area contributed by atoms with Crippen molar-refractivity contribution >= 4 is 17.7 Å². The molecule has 4 rings (SSSR count). The first-order valence-electron chi connectivity index (χ1n) is 8.40. The molecule has 1 atom stereocenters. The average molecular weight is 372 g/mol. The number of amides is 2. The number of anilines is 1. The summed E-state index contributed by atoms with van der Waals surface area (Å²) in [6.07, 6.45) is -0.130. The molecule has 0 unspecified atom stereocenters. The molecule has 0 radical (unpaired) electrons. The van der Waals surface area contributed by atoms with Gasteiger partial charge in [-0.1, -0.05) is 6.07 Å². The number of fused-ring (bicyclic) bond motifs is 2. The van der Waals surface area contributed by atoms with Crippen LogP contribution in [0.1, 0.15) is 17.2 Å². The van der Waals surface area contributed by atoms with Crippen molar-refractivity contribution < 1.29 is 28.2 Å². The van der Waals surface area contributed by atoms with Crippen LogP contribution in [0.2, 0.25) is 0 Å². The van der Waals surface area contributed by atoms with E-state index in [2.05, 4.69) is 5.32 Å². The predicted molar refractivity (Wildman–Crippen MR) is 93.2 cm³/mol. The average Bonchev–Trinajstić information content (AvgIpc) is 3.14. The highest BCUT2D eigenvalue weighted by Gasteiger charge is 2.37. The van der Waals surface area contributed by atoms with Gasteiger partial charge in [-0.05, 0) is 41.8 Å². The fraction of sp³-hybridized carbons (Fsp3) is 0.263. The number of methoxy groups -OCH3 is 1. The van der Waals surface area contributed by atoms with Gasteiger partial charge in [0.15, 0.2) is 11.5 Å². The normalized spacial score (nSPS) is 17.3. The summed E-state index contributed by atoms with van der Waals surface area (Å²) < 4.78 is 29.2. The zero-order valence-corrected chi connectivity index (χ0v) is 14.5. The van der Waals surface area contributed by atoms with Crippen molar-refractivity contribution in [3.63, 3.8) is 0 Å². The summed E-state index contributed by atoms with van der Waals surface area (Å²) in [4.78, 5) is 26.5. The first kappa shape index (κ1) is 17.1. The van der Waals surface area contributed by atoms with Crippen LogP contribution in [0.15, 0.2) is 36.4 Å². The smallest absolute Gasteiger partial charge is 0.410 e. The van der Waals surface area contributed by atoms with Crippen LogP contribution in [0.25, 0.3) is 0 Å². The van der Waals surface area contributed by atoms with Crippen molar-refractivity contribution in [2.24, 2.45) is 0 Å². The Morgan fingerprint density at radius 3 is 2.81 bits per heavy atom. The third-order valence-corrected chi connectivity index (χ3v) is 4.63. The molecule has 0 fully saturated rings. The van der Waals surface area contributed by atoms with E-state index in [4.69, 9.17) is 14.2 Å². The summed E-state index contributed by atoms with van der Waals surface area (Å²) in [7, 11) is 1.25. The number of ether oxygens (including phenoxy) is 3. The van der Waals surface area contributed by atoms with Crippen LogP contribution in [0.3, 0.4) is 0 Å². The molecule has 8 heteroatoms. The Bertz CT molecular complexity index is 917. The molecule has 2 heterocycles. The molecule has 0 saturated heterocycles. The van der Waals surface area contributed by atoms with Crippen molar-refractivity contribution in [2.75, 3.05) is 25.8 Å². The number of hydrogen-bond donors (Lipinski definition) is 1. The van der Waals surface area contributed by atoms with Crippen LogP contribution in [0, 0.1) is 5.82 Å². The standard InChI is InChI=1S/C19H17FN2O5/c1-25-19(24)22-7-6-11-2-3-12(20)8-14(11)17(22)18(23)21-13-4-5-15-16(9-13)27-10-26-15/h2-5,8-9,17H,6-7,10H2,1H3,(H,21,23)/t17-/m0/s1. The Kier molecular flexibility index (Phi) is 4.31. The van der Waals surface area contributed by atoms with Gasteiger partial charge < -0.3 is 19.5 Å². The third kappa shape index (κ3) is 3.14. The molecule has 2 aliphatic heterocycles. The zero-order chi connectivity index (χ0) is 19.0. The van der Waals surface area contributed by atoms with Gasteiger partial charge in [0.25, 0.3) is 5.91 Å². The van der Waals surface area contributed by atoms with Crippen LogP contribution >= 0.6 is 0 Å². The lowest BCUT2D eigenvalue weighted by atomic mass is 9.92. The maximum absolute atomic E-state index is 13.8. The number of nitrogens with zero attached hydrogens (tertiary/aromatic N) is 1. The minimum atomic E-state index is -0.998. The van der Waals surface area contributed by atoms with Crippen molar-refractivity contribution in [1.82, 2.24) is 4.90 Å². The summed E-state index contributed by atoms with van der Waals surface area (Å²) in [6.45, 7) is 0.419. The SMILES string of the molecule is COC(=O)N1CCc2ccc(F)cc2[C@H]1C(=O)Nc1ccc2c(c1)OCO2. The van der Waals surface area contributed by atoms with Gasteiger partial charge in [-0.2, -0.15) is 0 Å². The van der Waals surface area contributed by atoms with E-state index in [0.717, 1.165) is 5.56 Å². The van der Waals surface area contributed by atoms with E-state index >= 15 is 0 Å². The van der Waals surface area contributed by atoms with E-state index in [1.165, 1.54) is 24.1 Å². The van der Waals surface area contributed by atoms with Crippen molar-refractivity contribution in [3.8, 4) is 11.5 Å². The fourth-order valence-corrected chi connectivity index (χ4v) is 3.37. The van der Waals surface area contributed by atoms with Crippen LogP contribution in [0.5, 0.6) is 11.5 Å². The van der Waals surface area contributed by atoms with Crippen LogP contribution in [-0.4, -0.2) is 37.3 Å². The van der Waals surface area contributed by atoms with E-state index in [-0.39, 0.29) is 6.79 Å². The van der Waals surface area contributed by atoms with Gasteiger partial charge >= 0.3 is 6.09 Å². The van der Waals surface area contributed by atoms with E-state index < -0.39 is 23.9 Å². The van der Waals surface area contributed by atoms with E-state index in [1.807, 2.05) is 0 Å². The zero-order valence-electron chi connectivity index (χ0n) is 14.5. The molecule has 27 heavy (non-hydrogen) atoms. The van der Waals surface area contributed by atoms with Crippen LogP contribution in [0.4, 0.5) is 14.9 Å². The van der Waals surface area contributed by atoms with Gasteiger partial charge in [0.2, 0.25) is 6.79 Å². The Hall–Kier alpha value is -3.29. The summed E-state index contributed by atoms with van der Waals surface area (Å²) in [5, 5.41) is 2.76. The molecule has 0 aromatic heterocycles. The Labute approximate surface area is 154 Å². The van der Waals surface area contributed by atoms with Gasteiger partial charge in [-0.15, -0.1) is 0 Å².